The van der Waals surface area contributed by atoms with E-state index in [4.69, 9.17) is 5.73 Å². The summed E-state index contributed by atoms with van der Waals surface area (Å²) in [6, 6.07) is 6.77. The van der Waals surface area contributed by atoms with Gasteiger partial charge in [-0.25, -0.2) is 8.78 Å². The number of hydrogen-bond donors (Lipinski definition) is 3. The largest absolute Gasteiger partial charge is 0.366 e. The first-order chi connectivity index (χ1) is 15.8. The zero-order chi connectivity index (χ0) is 23.7. The number of aromatic amines is 1. The fraction of sp³-hybridized carbons (Fsp3) is 0.360. The Kier molecular flexibility index (Phi) is 6.47. The van der Waals surface area contributed by atoms with Crippen LogP contribution in [0, 0.1) is 17.6 Å². The lowest BCUT2D eigenvalue weighted by molar-refractivity contribution is -0.125. The Morgan fingerprint density at radius 3 is 2.58 bits per heavy atom. The second-order valence-corrected chi connectivity index (χ2v) is 8.84. The van der Waals surface area contributed by atoms with Gasteiger partial charge in [-0.1, -0.05) is 12.1 Å². The summed E-state index contributed by atoms with van der Waals surface area (Å²) in [5, 5.41) is 3.59. The Labute approximate surface area is 191 Å². The normalized spacial score (nSPS) is 15.6. The van der Waals surface area contributed by atoms with Gasteiger partial charge < -0.3 is 20.9 Å². The van der Waals surface area contributed by atoms with Crippen LogP contribution in [0.1, 0.15) is 34.5 Å². The third-order valence-electron chi connectivity index (χ3n) is 6.29. The summed E-state index contributed by atoms with van der Waals surface area (Å²) in [7, 11) is 3.98. The molecule has 1 aliphatic carbocycles. The quantitative estimate of drug-likeness (QED) is 0.478. The minimum Gasteiger partial charge on any atom is -0.366 e. The first-order valence-corrected chi connectivity index (χ1v) is 11.1. The Balaban J connectivity index is 1.70. The van der Waals surface area contributed by atoms with E-state index in [1.807, 2.05) is 14.1 Å². The number of halogens is 2. The first kappa shape index (κ1) is 22.9. The lowest BCUT2D eigenvalue weighted by Gasteiger charge is -2.22. The number of nitrogens with one attached hydrogen (secondary N) is 2. The summed E-state index contributed by atoms with van der Waals surface area (Å²) in [4.78, 5) is 30.1. The monoisotopic (exact) mass is 454 g/mol. The van der Waals surface area contributed by atoms with Gasteiger partial charge in [-0.15, -0.1) is 0 Å². The molecule has 4 N–H and O–H groups in total. The van der Waals surface area contributed by atoms with Crippen molar-refractivity contribution in [3.05, 3.63) is 58.8 Å². The van der Waals surface area contributed by atoms with Gasteiger partial charge in [0.05, 0.1) is 16.6 Å². The van der Waals surface area contributed by atoms with Crippen LogP contribution < -0.4 is 11.1 Å². The number of nitrogens with zero attached hydrogens (tertiary/aromatic N) is 1. The Bertz CT molecular complexity index is 1200. The summed E-state index contributed by atoms with van der Waals surface area (Å²) < 4.78 is 29.3. The van der Waals surface area contributed by atoms with E-state index in [9.17, 15) is 18.4 Å². The predicted octanol–water partition coefficient (Wildman–Crippen LogP) is 3.38. The molecule has 1 unspecified atom stereocenters. The molecule has 0 saturated heterocycles. The minimum atomic E-state index is -0.677. The smallest absolute Gasteiger partial charge is 0.250 e. The van der Waals surface area contributed by atoms with Gasteiger partial charge in [-0.05, 0) is 75.6 Å². The molecular weight excluding hydrogens is 426 g/mol. The molecule has 1 aliphatic rings. The highest BCUT2D eigenvalue weighted by atomic mass is 19.1. The summed E-state index contributed by atoms with van der Waals surface area (Å²) in [5.41, 5.74) is 8.20. The lowest BCUT2D eigenvalue weighted by Crippen LogP contribution is -2.35. The molecule has 1 heterocycles. The molecule has 0 saturated carbocycles. The van der Waals surface area contributed by atoms with Crippen molar-refractivity contribution in [1.82, 2.24) is 15.2 Å². The maximum Gasteiger partial charge on any atom is 0.250 e. The van der Waals surface area contributed by atoms with Gasteiger partial charge >= 0.3 is 0 Å². The van der Waals surface area contributed by atoms with Crippen molar-refractivity contribution in [3.8, 4) is 11.1 Å². The molecule has 174 valence electrons. The number of benzene rings is 2. The molecule has 0 fully saturated rings. The number of aromatic nitrogens is 1. The average molecular weight is 455 g/mol. The highest BCUT2D eigenvalue weighted by Crippen LogP contribution is 2.40. The van der Waals surface area contributed by atoms with Gasteiger partial charge in [0.2, 0.25) is 5.91 Å². The number of carbonyl (C=O) groups excluding carboxylic acids is 2. The number of H-pyrrole nitrogens is 1. The Hall–Kier alpha value is -3.26. The number of primary amides is 1. The fourth-order valence-corrected chi connectivity index (χ4v) is 4.68. The van der Waals surface area contributed by atoms with Crippen LogP contribution in [0.4, 0.5) is 8.78 Å². The standard InChI is InChI=1S/C25H28F2N4O2/c1-31(2)12-4-11-29-25(33)14-7-8-15-20(13-14)30-23-17(24(28)32)10-9-16(21(15)23)22-18(26)5-3-6-19(22)27/h3,5-6,9-10,14,30H,4,7-8,11-13H2,1-2H3,(H2,28,32)(H,29,33). The van der Waals surface area contributed by atoms with Gasteiger partial charge in [-0.3, -0.25) is 9.59 Å². The van der Waals surface area contributed by atoms with E-state index < -0.39 is 17.5 Å². The summed E-state index contributed by atoms with van der Waals surface area (Å²) >= 11 is 0. The molecule has 33 heavy (non-hydrogen) atoms. The van der Waals surface area contributed by atoms with E-state index in [0.717, 1.165) is 24.2 Å². The predicted molar refractivity (Wildman–Crippen MR) is 124 cm³/mol. The highest BCUT2D eigenvalue weighted by Gasteiger charge is 2.30. The molecule has 0 bridgehead atoms. The van der Waals surface area contributed by atoms with Crippen molar-refractivity contribution in [2.24, 2.45) is 11.7 Å². The second kappa shape index (κ2) is 9.31. The van der Waals surface area contributed by atoms with E-state index in [1.165, 1.54) is 24.3 Å². The minimum absolute atomic E-state index is 0.00596. The number of rotatable bonds is 7. The van der Waals surface area contributed by atoms with Crippen LogP contribution in [0.15, 0.2) is 30.3 Å². The number of fused-ring (bicyclic) bond motifs is 3. The van der Waals surface area contributed by atoms with Crippen LogP contribution in [0.2, 0.25) is 0 Å². The van der Waals surface area contributed by atoms with E-state index in [0.29, 0.717) is 42.3 Å². The van der Waals surface area contributed by atoms with Gasteiger partial charge in [-0.2, -0.15) is 0 Å². The van der Waals surface area contributed by atoms with Crippen molar-refractivity contribution in [2.45, 2.75) is 25.7 Å². The van der Waals surface area contributed by atoms with E-state index in [1.54, 1.807) is 6.07 Å². The van der Waals surface area contributed by atoms with Gasteiger partial charge in [0.15, 0.2) is 0 Å². The molecule has 0 spiro atoms. The molecule has 8 heteroatoms. The van der Waals surface area contributed by atoms with E-state index in [2.05, 4.69) is 15.2 Å². The van der Waals surface area contributed by atoms with Gasteiger partial charge in [0.1, 0.15) is 11.6 Å². The molecule has 3 aromatic rings. The number of hydrogen-bond acceptors (Lipinski definition) is 3. The maximum absolute atomic E-state index is 14.6. The van der Waals surface area contributed by atoms with Gasteiger partial charge in [0, 0.05) is 23.5 Å². The summed E-state index contributed by atoms with van der Waals surface area (Å²) in [6.07, 6.45) is 2.49. The third-order valence-corrected chi connectivity index (χ3v) is 6.29. The van der Waals surface area contributed by atoms with E-state index in [-0.39, 0.29) is 23.0 Å². The van der Waals surface area contributed by atoms with Crippen molar-refractivity contribution >= 4 is 22.7 Å². The Morgan fingerprint density at radius 2 is 1.91 bits per heavy atom. The van der Waals surface area contributed by atoms with Crippen molar-refractivity contribution in [2.75, 3.05) is 27.2 Å². The Morgan fingerprint density at radius 1 is 1.18 bits per heavy atom. The molecule has 2 aromatic carbocycles. The van der Waals surface area contributed by atoms with Gasteiger partial charge in [0.25, 0.3) is 5.91 Å². The van der Waals surface area contributed by atoms with Crippen LogP contribution in [0.3, 0.4) is 0 Å². The average Bonchev–Trinajstić information content (AvgIpc) is 3.15. The van der Waals surface area contributed by atoms with Crippen molar-refractivity contribution in [1.29, 1.82) is 0 Å². The summed E-state index contributed by atoms with van der Waals surface area (Å²) in [5.74, 6) is -2.20. The number of carbonyl (C=O) groups is 2. The molecule has 1 atom stereocenters. The molecule has 2 amide bonds. The zero-order valence-corrected chi connectivity index (χ0v) is 18.8. The van der Waals surface area contributed by atoms with Crippen LogP contribution in [-0.2, 0) is 17.6 Å². The number of nitrogens with two attached hydrogens (primary N) is 1. The first-order valence-electron chi connectivity index (χ1n) is 11.1. The van der Waals surface area contributed by atoms with Crippen LogP contribution in [0.5, 0.6) is 0 Å². The summed E-state index contributed by atoms with van der Waals surface area (Å²) in [6.45, 7) is 1.50. The van der Waals surface area contributed by atoms with Crippen molar-refractivity contribution < 1.29 is 18.4 Å². The van der Waals surface area contributed by atoms with Crippen LogP contribution in [-0.4, -0.2) is 48.9 Å². The fourth-order valence-electron chi connectivity index (χ4n) is 4.68. The molecule has 1 aromatic heterocycles. The topological polar surface area (TPSA) is 91.2 Å². The zero-order valence-electron chi connectivity index (χ0n) is 18.8. The molecule has 4 rings (SSSR count). The molecule has 6 nitrogen and oxygen atoms in total. The second-order valence-electron chi connectivity index (χ2n) is 8.84. The number of amides is 2. The highest BCUT2D eigenvalue weighted by molar-refractivity contribution is 6.11. The van der Waals surface area contributed by atoms with Crippen molar-refractivity contribution in [3.63, 3.8) is 0 Å². The molecule has 0 aliphatic heterocycles. The molecule has 0 radical (unpaired) electrons. The third kappa shape index (κ3) is 4.48. The lowest BCUT2D eigenvalue weighted by atomic mass is 9.84. The number of aryl methyl sites for hydroxylation is 1. The van der Waals surface area contributed by atoms with E-state index >= 15 is 0 Å². The maximum atomic E-state index is 14.6. The van der Waals surface area contributed by atoms with Crippen LogP contribution >= 0.6 is 0 Å². The van der Waals surface area contributed by atoms with Crippen LogP contribution in [0.25, 0.3) is 22.0 Å². The molecular formula is C25H28F2N4O2. The SMILES string of the molecule is CN(C)CCCNC(=O)C1CCc2c([nH]c3c(C(N)=O)ccc(-c4c(F)cccc4F)c23)C1.